The molecule has 0 aliphatic heterocycles. The monoisotopic (exact) mass is 274 g/mol. The van der Waals surface area contributed by atoms with Gasteiger partial charge < -0.3 is 9.84 Å². The van der Waals surface area contributed by atoms with Gasteiger partial charge in [0.15, 0.2) is 0 Å². The zero-order chi connectivity index (χ0) is 13.5. The predicted molar refractivity (Wildman–Crippen MR) is 79.7 cm³/mol. The smallest absolute Gasteiger partial charge is 0.125 e. The fraction of sp³-hybridized carbons (Fsp3) is 0.250. The number of benzene rings is 2. The number of ether oxygens (including phenoxy) is 1. The lowest BCUT2D eigenvalue weighted by molar-refractivity contribution is 0.192. The van der Waals surface area contributed by atoms with Crippen molar-refractivity contribution in [1.82, 2.24) is 0 Å². The molecular weight excluding hydrogens is 256 g/mol. The highest BCUT2D eigenvalue weighted by Crippen LogP contribution is 2.25. The molecule has 0 bridgehead atoms. The normalized spacial score (nSPS) is 12.1. The van der Waals surface area contributed by atoms with E-state index in [-0.39, 0.29) is 0 Å². The van der Waals surface area contributed by atoms with E-state index >= 15 is 0 Å². The van der Waals surface area contributed by atoms with Crippen LogP contribution < -0.4 is 4.74 Å². The third-order valence-electron chi connectivity index (χ3n) is 2.72. The summed E-state index contributed by atoms with van der Waals surface area (Å²) in [5.41, 5.74) is 0.840. The number of aliphatic hydroxyl groups is 1. The second-order valence-electron chi connectivity index (χ2n) is 4.22. The van der Waals surface area contributed by atoms with Crippen molar-refractivity contribution in [3.63, 3.8) is 0 Å². The van der Waals surface area contributed by atoms with Crippen molar-refractivity contribution in [1.29, 1.82) is 0 Å². The third-order valence-corrected chi connectivity index (χ3v) is 3.70. The summed E-state index contributed by atoms with van der Waals surface area (Å²) in [6.07, 6.45) is -0.502. The molecule has 0 aromatic heterocycles. The molecule has 3 heteroatoms. The number of hydrogen-bond acceptors (Lipinski definition) is 3. The Labute approximate surface area is 118 Å². The van der Waals surface area contributed by atoms with E-state index in [1.165, 1.54) is 4.90 Å². The first-order valence-corrected chi connectivity index (χ1v) is 7.33. The Morgan fingerprint density at radius 3 is 2.47 bits per heavy atom. The van der Waals surface area contributed by atoms with E-state index in [0.29, 0.717) is 6.61 Å². The molecule has 2 aromatic carbocycles. The van der Waals surface area contributed by atoms with E-state index in [9.17, 15) is 5.11 Å². The van der Waals surface area contributed by atoms with Crippen LogP contribution in [0.2, 0.25) is 0 Å². The largest absolute Gasteiger partial charge is 0.492 e. The second kappa shape index (κ2) is 7.22. The maximum absolute atomic E-state index is 9.65. The van der Waals surface area contributed by atoms with Crippen LogP contribution in [0.3, 0.4) is 0 Å². The van der Waals surface area contributed by atoms with Crippen molar-refractivity contribution in [3.8, 4) is 5.75 Å². The van der Waals surface area contributed by atoms with Gasteiger partial charge >= 0.3 is 0 Å². The molecule has 1 N–H and O–H groups in total. The van der Waals surface area contributed by atoms with Gasteiger partial charge in [-0.05, 0) is 25.1 Å². The fourth-order valence-electron chi connectivity index (χ4n) is 1.78. The maximum atomic E-state index is 9.65. The van der Waals surface area contributed by atoms with Gasteiger partial charge in [0.1, 0.15) is 5.75 Å². The van der Waals surface area contributed by atoms with Gasteiger partial charge in [0, 0.05) is 16.2 Å². The summed E-state index contributed by atoms with van der Waals surface area (Å²) >= 11 is 1.77. The Morgan fingerprint density at radius 1 is 1.05 bits per heavy atom. The second-order valence-corrected chi connectivity index (χ2v) is 5.39. The molecule has 100 valence electrons. The Bertz CT molecular complexity index is 497. The highest BCUT2D eigenvalue weighted by Gasteiger charge is 2.07. The lowest BCUT2D eigenvalue weighted by Crippen LogP contribution is -2.03. The number of para-hydroxylation sites is 1. The van der Waals surface area contributed by atoms with E-state index in [1.807, 2.05) is 42.5 Å². The SMILES string of the molecule is CC(O)c1ccccc1OCCSc1ccccc1. The number of rotatable bonds is 6. The molecule has 0 fully saturated rings. The van der Waals surface area contributed by atoms with Gasteiger partial charge in [-0.2, -0.15) is 0 Å². The molecule has 2 rings (SSSR count). The molecule has 0 spiro atoms. The molecule has 1 atom stereocenters. The highest BCUT2D eigenvalue weighted by atomic mass is 32.2. The molecule has 0 saturated carbocycles. The minimum atomic E-state index is -0.502. The van der Waals surface area contributed by atoms with Crippen LogP contribution in [0.25, 0.3) is 0 Å². The summed E-state index contributed by atoms with van der Waals surface area (Å²) in [5.74, 6) is 1.66. The number of thioether (sulfide) groups is 1. The summed E-state index contributed by atoms with van der Waals surface area (Å²) in [6.45, 7) is 2.38. The van der Waals surface area contributed by atoms with Gasteiger partial charge in [-0.25, -0.2) is 0 Å². The van der Waals surface area contributed by atoms with Crippen LogP contribution in [0.5, 0.6) is 5.75 Å². The zero-order valence-electron chi connectivity index (χ0n) is 11.0. The molecular formula is C16H18O2S. The van der Waals surface area contributed by atoms with Crippen molar-refractivity contribution in [2.45, 2.75) is 17.9 Å². The van der Waals surface area contributed by atoms with Crippen LogP contribution in [0.4, 0.5) is 0 Å². The van der Waals surface area contributed by atoms with Gasteiger partial charge in [-0.3, -0.25) is 0 Å². The van der Waals surface area contributed by atoms with Gasteiger partial charge in [-0.15, -0.1) is 11.8 Å². The summed E-state index contributed by atoms with van der Waals surface area (Å²) in [5, 5.41) is 9.65. The number of aliphatic hydroxyl groups excluding tert-OH is 1. The predicted octanol–water partition coefficient (Wildman–Crippen LogP) is 3.91. The molecule has 0 saturated heterocycles. The van der Waals surface area contributed by atoms with Crippen LogP contribution in [-0.2, 0) is 0 Å². The van der Waals surface area contributed by atoms with Crippen LogP contribution in [0.1, 0.15) is 18.6 Å². The number of hydrogen-bond donors (Lipinski definition) is 1. The zero-order valence-corrected chi connectivity index (χ0v) is 11.8. The first kappa shape index (κ1) is 14.0. The van der Waals surface area contributed by atoms with Gasteiger partial charge in [0.25, 0.3) is 0 Å². The Kier molecular flexibility index (Phi) is 5.31. The molecule has 0 aliphatic carbocycles. The van der Waals surface area contributed by atoms with E-state index < -0.39 is 6.10 Å². The van der Waals surface area contributed by atoms with Crippen molar-refractivity contribution in [2.75, 3.05) is 12.4 Å². The fourth-order valence-corrected chi connectivity index (χ4v) is 2.54. The first-order chi connectivity index (χ1) is 9.27. The summed E-state index contributed by atoms with van der Waals surface area (Å²) in [7, 11) is 0. The van der Waals surface area contributed by atoms with Crippen molar-refractivity contribution < 1.29 is 9.84 Å². The molecule has 0 radical (unpaired) electrons. The van der Waals surface area contributed by atoms with Crippen molar-refractivity contribution >= 4 is 11.8 Å². The molecule has 1 unspecified atom stereocenters. The van der Waals surface area contributed by atoms with E-state index in [4.69, 9.17) is 4.74 Å². The van der Waals surface area contributed by atoms with Crippen molar-refractivity contribution in [3.05, 3.63) is 60.2 Å². The molecule has 19 heavy (non-hydrogen) atoms. The van der Waals surface area contributed by atoms with Gasteiger partial charge in [0.05, 0.1) is 12.7 Å². The third kappa shape index (κ3) is 4.30. The van der Waals surface area contributed by atoms with Crippen LogP contribution in [0, 0.1) is 0 Å². The lowest BCUT2D eigenvalue weighted by Gasteiger charge is -2.13. The summed E-state index contributed by atoms with van der Waals surface area (Å²) < 4.78 is 5.74. The summed E-state index contributed by atoms with van der Waals surface area (Å²) in [4.78, 5) is 1.25. The van der Waals surface area contributed by atoms with Crippen molar-refractivity contribution in [2.24, 2.45) is 0 Å². The quantitative estimate of drug-likeness (QED) is 0.639. The van der Waals surface area contributed by atoms with E-state index in [0.717, 1.165) is 17.1 Å². The van der Waals surface area contributed by atoms with Crippen LogP contribution >= 0.6 is 11.8 Å². The maximum Gasteiger partial charge on any atom is 0.125 e. The van der Waals surface area contributed by atoms with Crippen LogP contribution in [-0.4, -0.2) is 17.5 Å². The molecule has 0 heterocycles. The van der Waals surface area contributed by atoms with Gasteiger partial charge in [-0.1, -0.05) is 36.4 Å². The van der Waals surface area contributed by atoms with E-state index in [1.54, 1.807) is 18.7 Å². The average molecular weight is 274 g/mol. The Morgan fingerprint density at radius 2 is 1.74 bits per heavy atom. The average Bonchev–Trinajstić information content (AvgIpc) is 2.45. The minimum absolute atomic E-state index is 0.502. The summed E-state index contributed by atoms with van der Waals surface area (Å²) in [6, 6.07) is 17.9. The van der Waals surface area contributed by atoms with E-state index in [2.05, 4.69) is 12.1 Å². The highest BCUT2D eigenvalue weighted by molar-refractivity contribution is 7.99. The molecule has 0 amide bonds. The standard InChI is InChI=1S/C16H18O2S/c1-13(17)15-9-5-6-10-16(15)18-11-12-19-14-7-3-2-4-8-14/h2-10,13,17H,11-12H2,1H3. The lowest BCUT2D eigenvalue weighted by atomic mass is 10.1. The topological polar surface area (TPSA) is 29.5 Å². The van der Waals surface area contributed by atoms with Crippen LogP contribution in [0.15, 0.2) is 59.5 Å². The first-order valence-electron chi connectivity index (χ1n) is 6.35. The Hall–Kier alpha value is -1.45. The molecule has 2 nitrogen and oxygen atoms in total. The van der Waals surface area contributed by atoms with Gasteiger partial charge in [0.2, 0.25) is 0 Å². The molecule has 0 aliphatic rings. The molecule has 2 aromatic rings. The minimum Gasteiger partial charge on any atom is -0.492 e. The Balaban J connectivity index is 1.83.